The summed E-state index contributed by atoms with van der Waals surface area (Å²) in [6.07, 6.45) is 4.45. The van der Waals surface area contributed by atoms with Crippen LogP contribution in [-0.2, 0) is 0 Å². The van der Waals surface area contributed by atoms with Crippen LogP contribution >= 0.6 is 0 Å². The highest BCUT2D eigenvalue weighted by atomic mass is 16.6. The first-order valence-electron chi connectivity index (χ1n) is 6.37. The summed E-state index contributed by atoms with van der Waals surface area (Å²) in [5.74, 6) is 0.0773. The molecule has 0 saturated carbocycles. The van der Waals surface area contributed by atoms with Gasteiger partial charge in [-0.05, 0) is 18.2 Å². The molecule has 0 unspecified atom stereocenters. The molecule has 0 radical (unpaired) electrons. The average Bonchev–Trinajstić information content (AvgIpc) is 3.09. The van der Waals surface area contributed by atoms with E-state index < -0.39 is 10.6 Å². The highest BCUT2D eigenvalue weighted by Crippen LogP contribution is 2.32. The Hall–Kier alpha value is -3.80. The molecule has 3 aromatic rings. The minimum atomic E-state index is -0.692. The molecule has 0 spiro atoms. The van der Waals surface area contributed by atoms with Gasteiger partial charge in [-0.25, -0.2) is 9.67 Å². The molecular formula is C14H8N6O3. The second-order valence-electron chi connectivity index (χ2n) is 4.33. The van der Waals surface area contributed by atoms with Crippen molar-refractivity contribution in [3.05, 3.63) is 64.6 Å². The summed E-state index contributed by atoms with van der Waals surface area (Å²) in [5, 5.41) is 27.7. The number of nitriles is 1. The number of hydrogen-bond acceptors (Lipinski definition) is 7. The first kappa shape index (κ1) is 14.2. The van der Waals surface area contributed by atoms with Crippen LogP contribution in [0.3, 0.4) is 0 Å². The molecule has 0 atom stereocenters. The standard InChI is InChI=1S/C14H8N6O3/c15-9-10-4-5-16-14(13(10)20(21)22)23-12-3-1-2-11(8-12)19-7-6-17-18-19/h1-8H. The van der Waals surface area contributed by atoms with Crippen molar-refractivity contribution in [1.82, 2.24) is 20.0 Å². The molecular weight excluding hydrogens is 300 g/mol. The van der Waals surface area contributed by atoms with Gasteiger partial charge in [0.05, 0.1) is 23.0 Å². The van der Waals surface area contributed by atoms with Crippen molar-refractivity contribution >= 4 is 5.69 Å². The maximum Gasteiger partial charge on any atom is 0.348 e. The van der Waals surface area contributed by atoms with Crippen LogP contribution in [0.25, 0.3) is 5.69 Å². The quantitative estimate of drug-likeness (QED) is 0.535. The van der Waals surface area contributed by atoms with E-state index in [0.29, 0.717) is 11.4 Å². The van der Waals surface area contributed by atoms with Crippen molar-refractivity contribution in [2.24, 2.45) is 0 Å². The van der Waals surface area contributed by atoms with E-state index in [1.165, 1.54) is 23.1 Å². The lowest BCUT2D eigenvalue weighted by Crippen LogP contribution is -2.00. The summed E-state index contributed by atoms with van der Waals surface area (Å²) >= 11 is 0. The molecule has 0 aliphatic rings. The third-order valence-electron chi connectivity index (χ3n) is 2.91. The smallest absolute Gasteiger partial charge is 0.348 e. The first-order valence-corrected chi connectivity index (χ1v) is 6.37. The van der Waals surface area contributed by atoms with E-state index >= 15 is 0 Å². The fraction of sp³-hybridized carbons (Fsp3) is 0. The molecule has 1 aromatic carbocycles. The second kappa shape index (κ2) is 5.90. The Morgan fingerprint density at radius 1 is 1.30 bits per heavy atom. The lowest BCUT2D eigenvalue weighted by atomic mass is 10.2. The van der Waals surface area contributed by atoms with Gasteiger partial charge in [0.2, 0.25) is 0 Å². The lowest BCUT2D eigenvalue weighted by Gasteiger charge is -2.07. The topological polar surface area (TPSA) is 120 Å². The highest BCUT2D eigenvalue weighted by molar-refractivity contribution is 5.55. The zero-order chi connectivity index (χ0) is 16.2. The van der Waals surface area contributed by atoms with Gasteiger partial charge in [-0.1, -0.05) is 11.3 Å². The average molecular weight is 308 g/mol. The van der Waals surface area contributed by atoms with Crippen molar-refractivity contribution in [3.63, 3.8) is 0 Å². The monoisotopic (exact) mass is 308 g/mol. The van der Waals surface area contributed by atoms with Gasteiger partial charge in [-0.3, -0.25) is 10.1 Å². The van der Waals surface area contributed by atoms with E-state index in [2.05, 4.69) is 15.3 Å². The predicted octanol–water partition coefficient (Wildman–Crippen LogP) is 2.23. The molecule has 0 aliphatic carbocycles. The molecule has 0 N–H and O–H groups in total. The molecule has 9 nitrogen and oxygen atoms in total. The maximum absolute atomic E-state index is 11.2. The van der Waals surface area contributed by atoms with Crippen molar-refractivity contribution in [2.45, 2.75) is 0 Å². The lowest BCUT2D eigenvalue weighted by molar-refractivity contribution is -0.386. The highest BCUT2D eigenvalue weighted by Gasteiger charge is 2.23. The van der Waals surface area contributed by atoms with Gasteiger partial charge >= 0.3 is 11.6 Å². The summed E-state index contributed by atoms with van der Waals surface area (Å²) in [6.45, 7) is 0. The number of hydrogen-bond donors (Lipinski definition) is 0. The fourth-order valence-electron chi connectivity index (χ4n) is 1.92. The van der Waals surface area contributed by atoms with Crippen molar-refractivity contribution < 1.29 is 9.66 Å². The number of aromatic nitrogens is 4. The number of rotatable bonds is 4. The number of ether oxygens (including phenoxy) is 1. The van der Waals surface area contributed by atoms with Crippen LogP contribution in [-0.4, -0.2) is 24.9 Å². The summed E-state index contributed by atoms with van der Waals surface area (Å²) in [7, 11) is 0. The summed E-state index contributed by atoms with van der Waals surface area (Å²) in [5.41, 5.74) is 0.0766. The second-order valence-corrected chi connectivity index (χ2v) is 4.33. The zero-order valence-corrected chi connectivity index (χ0v) is 11.5. The molecule has 0 saturated heterocycles. The molecule has 9 heteroatoms. The van der Waals surface area contributed by atoms with E-state index in [0.717, 1.165) is 0 Å². The summed E-state index contributed by atoms with van der Waals surface area (Å²) < 4.78 is 7.00. The van der Waals surface area contributed by atoms with E-state index in [-0.39, 0.29) is 11.4 Å². The molecule has 2 aromatic heterocycles. The third-order valence-corrected chi connectivity index (χ3v) is 2.91. The third kappa shape index (κ3) is 2.81. The van der Waals surface area contributed by atoms with E-state index in [1.54, 1.807) is 36.5 Å². The van der Waals surface area contributed by atoms with Crippen LogP contribution < -0.4 is 4.74 Å². The Bertz CT molecular complexity index is 901. The molecule has 112 valence electrons. The van der Waals surface area contributed by atoms with Gasteiger partial charge in [0.15, 0.2) is 0 Å². The number of pyridine rings is 1. The van der Waals surface area contributed by atoms with Crippen LogP contribution in [0, 0.1) is 21.4 Å². The Morgan fingerprint density at radius 3 is 2.87 bits per heavy atom. The van der Waals surface area contributed by atoms with Crippen LogP contribution in [0.15, 0.2) is 48.9 Å². The number of nitro groups is 1. The van der Waals surface area contributed by atoms with Gasteiger partial charge in [-0.2, -0.15) is 5.26 Å². The van der Waals surface area contributed by atoms with Gasteiger partial charge < -0.3 is 4.74 Å². The van der Waals surface area contributed by atoms with E-state index in [4.69, 9.17) is 10.00 Å². The van der Waals surface area contributed by atoms with Crippen molar-refractivity contribution in [1.29, 1.82) is 5.26 Å². The molecule has 0 aliphatic heterocycles. The Labute approximate surface area is 129 Å². The van der Waals surface area contributed by atoms with Crippen LogP contribution in [0.2, 0.25) is 0 Å². The minimum Gasteiger partial charge on any atom is -0.434 e. The van der Waals surface area contributed by atoms with E-state index in [9.17, 15) is 10.1 Å². The fourth-order valence-corrected chi connectivity index (χ4v) is 1.92. The number of nitrogens with zero attached hydrogens (tertiary/aromatic N) is 6. The van der Waals surface area contributed by atoms with Gasteiger partial charge in [0.25, 0.3) is 0 Å². The van der Waals surface area contributed by atoms with Crippen LogP contribution in [0.5, 0.6) is 11.6 Å². The van der Waals surface area contributed by atoms with Crippen molar-refractivity contribution in [2.75, 3.05) is 0 Å². The first-order chi connectivity index (χ1) is 11.2. The Morgan fingerprint density at radius 2 is 2.17 bits per heavy atom. The maximum atomic E-state index is 11.2. The predicted molar refractivity (Wildman–Crippen MR) is 77.0 cm³/mol. The Balaban J connectivity index is 1.99. The largest absolute Gasteiger partial charge is 0.434 e. The molecule has 3 rings (SSSR count). The summed E-state index contributed by atoms with van der Waals surface area (Å²) in [6, 6.07) is 9.73. The van der Waals surface area contributed by atoms with Gasteiger partial charge in [0, 0.05) is 12.3 Å². The number of benzene rings is 1. The minimum absolute atomic E-state index is 0.118. The SMILES string of the molecule is N#Cc1ccnc(Oc2cccc(-n3ccnn3)c2)c1[N+](=O)[O-]. The Kier molecular flexibility index (Phi) is 3.63. The van der Waals surface area contributed by atoms with Crippen LogP contribution in [0.1, 0.15) is 5.56 Å². The summed E-state index contributed by atoms with van der Waals surface area (Å²) in [4.78, 5) is 14.3. The molecule has 23 heavy (non-hydrogen) atoms. The molecule has 0 amide bonds. The van der Waals surface area contributed by atoms with Gasteiger partial charge in [-0.15, -0.1) is 5.10 Å². The van der Waals surface area contributed by atoms with Crippen LogP contribution in [0.4, 0.5) is 5.69 Å². The normalized spacial score (nSPS) is 10.0. The van der Waals surface area contributed by atoms with Gasteiger partial charge in [0.1, 0.15) is 17.4 Å². The molecule has 2 heterocycles. The molecule has 0 bridgehead atoms. The van der Waals surface area contributed by atoms with E-state index in [1.807, 2.05) is 0 Å². The molecule has 0 fully saturated rings. The zero-order valence-electron chi connectivity index (χ0n) is 11.5. The van der Waals surface area contributed by atoms with Crippen molar-refractivity contribution in [3.8, 4) is 23.4 Å².